The zero-order valence-electron chi connectivity index (χ0n) is 23.7. The van der Waals surface area contributed by atoms with Crippen molar-refractivity contribution < 1.29 is 23.8 Å². The van der Waals surface area contributed by atoms with Crippen LogP contribution in [0, 0.1) is 19.8 Å². The highest BCUT2D eigenvalue weighted by molar-refractivity contribution is 8.05. The second kappa shape index (κ2) is 16.0. The summed E-state index contributed by atoms with van der Waals surface area (Å²) in [6.45, 7) is 13.5. The fourth-order valence-corrected chi connectivity index (χ4v) is 4.11. The van der Waals surface area contributed by atoms with Crippen LogP contribution in [0.4, 0.5) is 4.79 Å². The van der Waals surface area contributed by atoms with E-state index in [0.717, 1.165) is 34.0 Å². The van der Waals surface area contributed by atoms with Crippen molar-refractivity contribution in [1.82, 2.24) is 9.88 Å². The first-order valence-electron chi connectivity index (χ1n) is 12.4. The van der Waals surface area contributed by atoms with Crippen molar-refractivity contribution in [3.05, 3.63) is 69.9 Å². The normalized spacial score (nSPS) is 13.4. The first-order valence-corrected chi connectivity index (χ1v) is 13.3. The van der Waals surface area contributed by atoms with Gasteiger partial charge in [0.05, 0.1) is 37.4 Å². The molecule has 0 N–H and O–H groups in total. The number of nitrogens with zero attached hydrogens (tertiary/aromatic N) is 2. The molecule has 8 heteroatoms. The van der Waals surface area contributed by atoms with Crippen LogP contribution in [0.1, 0.15) is 64.3 Å². The zero-order chi connectivity index (χ0) is 28.0. The summed E-state index contributed by atoms with van der Waals surface area (Å²) in [5.74, 6) is 0.220. The van der Waals surface area contributed by atoms with Crippen LogP contribution in [0.15, 0.2) is 53.1 Å². The zero-order valence-corrected chi connectivity index (χ0v) is 24.5. The molecule has 0 aliphatic heterocycles. The summed E-state index contributed by atoms with van der Waals surface area (Å²) in [7, 11) is 3.02. The molecule has 1 heterocycles. The Labute approximate surface area is 226 Å². The van der Waals surface area contributed by atoms with Crippen molar-refractivity contribution >= 4 is 23.8 Å². The molecule has 0 aliphatic carbocycles. The summed E-state index contributed by atoms with van der Waals surface area (Å²) >= 11 is 1.46. The van der Waals surface area contributed by atoms with Gasteiger partial charge in [-0.2, -0.15) is 0 Å². The Morgan fingerprint density at radius 2 is 1.86 bits per heavy atom. The molecular weight excluding hydrogens is 488 g/mol. The number of allylic oxidation sites excluding steroid dienone is 5. The van der Waals surface area contributed by atoms with Crippen molar-refractivity contribution in [2.24, 2.45) is 5.92 Å². The SMILES string of the molecule is CC/C=C(\S/C=C/C/C=C\C=C/C(C)C(=O)OC)N(Cc1ncc(C)c(OC)c1C)C(=O)OC(C)(C)C. The third-order valence-electron chi connectivity index (χ3n) is 5.09. The van der Waals surface area contributed by atoms with Gasteiger partial charge in [-0.25, -0.2) is 4.79 Å². The van der Waals surface area contributed by atoms with E-state index in [2.05, 4.69) is 4.98 Å². The van der Waals surface area contributed by atoms with Gasteiger partial charge in [0.25, 0.3) is 0 Å². The van der Waals surface area contributed by atoms with Gasteiger partial charge < -0.3 is 14.2 Å². The fourth-order valence-electron chi connectivity index (χ4n) is 3.23. The molecule has 1 atom stereocenters. The molecule has 7 nitrogen and oxygen atoms in total. The van der Waals surface area contributed by atoms with Gasteiger partial charge >= 0.3 is 12.1 Å². The van der Waals surface area contributed by atoms with E-state index in [-0.39, 0.29) is 18.4 Å². The van der Waals surface area contributed by atoms with E-state index in [4.69, 9.17) is 14.2 Å². The number of hydrogen-bond donors (Lipinski definition) is 0. The maximum atomic E-state index is 13.3. The van der Waals surface area contributed by atoms with E-state index in [1.54, 1.807) is 31.2 Å². The topological polar surface area (TPSA) is 78.0 Å². The second-order valence-electron chi connectivity index (χ2n) is 9.41. The molecule has 0 spiro atoms. The van der Waals surface area contributed by atoms with Gasteiger partial charge in [0.2, 0.25) is 0 Å². The van der Waals surface area contributed by atoms with Gasteiger partial charge in [-0.3, -0.25) is 14.7 Å². The molecule has 1 amide bonds. The van der Waals surface area contributed by atoms with Gasteiger partial charge in [0, 0.05) is 17.3 Å². The number of methoxy groups -OCH3 is 2. The number of carbonyl (C=O) groups excluding carboxylic acids is 2. The standard InChI is InChI=1S/C29H42N2O5S/c1-10-16-25(37-18-15-13-11-12-14-17-21(2)27(32)35-9)31(28(33)36-29(5,6)7)20-24-23(4)26(34-8)22(3)19-30-24/h11-12,14-19,21H,10,13,20H2,1-9H3/b12-11-,17-14-,18-15+,25-16-. The summed E-state index contributed by atoms with van der Waals surface area (Å²) in [6.07, 6.45) is 14.3. The average molecular weight is 531 g/mol. The number of esters is 1. The molecule has 0 fully saturated rings. The number of pyridine rings is 1. The molecule has 0 saturated carbocycles. The molecule has 204 valence electrons. The highest BCUT2D eigenvalue weighted by Crippen LogP contribution is 2.30. The lowest BCUT2D eigenvalue weighted by Crippen LogP contribution is -2.35. The van der Waals surface area contributed by atoms with E-state index in [0.29, 0.717) is 6.42 Å². The second-order valence-corrected chi connectivity index (χ2v) is 10.3. The smallest absolute Gasteiger partial charge is 0.415 e. The monoisotopic (exact) mass is 530 g/mol. The molecule has 0 saturated heterocycles. The highest BCUT2D eigenvalue weighted by atomic mass is 32.2. The third kappa shape index (κ3) is 11.3. The Bertz CT molecular complexity index is 1020. The van der Waals surface area contributed by atoms with E-state index in [9.17, 15) is 9.59 Å². The van der Waals surface area contributed by atoms with Crippen molar-refractivity contribution in [2.45, 2.75) is 73.5 Å². The van der Waals surface area contributed by atoms with Crippen LogP contribution in [0.25, 0.3) is 0 Å². The molecule has 1 aromatic rings. The minimum atomic E-state index is -0.635. The average Bonchev–Trinajstić information content (AvgIpc) is 2.83. The lowest BCUT2D eigenvalue weighted by atomic mass is 10.1. The van der Waals surface area contributed by atoms with E-state index < -0.39 is 11.7 Å². The Balaban J connectivity index is 3.05. The van der Waals surface area contributed by atoms with Gasteiger partial charge in [-0.1, -0.05) is 55.1 Å². The van der Waals surface area contributed by atoms with Crippen LogP contribution in [0.3, 0.4) is 0 Å². The highest BCUT2D eigenvalue weighted by Gasteiger charge is 2.26. The molecule has 0 aliphatic rings. The van der Waals surface area contributed by atoms with Crippen molar-refractivity contribution in [3.8, 4) is 5.75 Å². The number of carbonyl (C=O) groups is 2. The fraction of sp³-hybridized carbons (Fsp3) is 0.483. The van der Waals surface area contributed by atoms with E-state index in [1.165, 1.54) is 18.9 Å². The van der Waals surface area contributed by atoms with Crippen LogP contribution in [-0.4, -0.2) is 41.8 Å². The first-order chi connectivity index (χ1) is 17.4. The number of thioether (sulfide) groups is 1. The summed E-state index contributed by atoms with van der Waals surface area (Å²) < 4.78 is 16.0. The summed E-state index contributed by atoms with van der Waals surface area (Å²) in [6, 6.07) is 0. The number of ether oxygens (including phenoxy) is 3. The molecule has 1 rings (SSSR count). The minimum absolute atomic E-state index is 0.257. The van der Waals surface area contributed by atoms with Gasteiger partial charge in [0.15, 0.2) is 0 Å². The molecule has 0 radical (unpaired) electrons. The molecule has 37 heavy (non-hydrogen) atoms. The van der Waals surface area contributed by atoms with Gasteiger partial charge in [-0.05, 0) is 59.8 Å². The maximum Gasteiger partial charge on any atom is 0.415 e. The van der Waals surface area contributed by atoms with Crippen LogP contribution in [0.2, 0.25) is 0 Å². The van der Waals surface area contributed by atoms with E-state index >= 15 is 0 Å². The number of rotatable bonds is 12. The number of aryl methyl sites for hydroxylation is 1. The lowest BCUT2D eigenvalue weighted by Gasteiger charge is -2.29. The first kappa shape index (κ1) is 32.0. The Hall–Kier alpha value is -3.00. The molecule has 0 bridgehead atoms. The van der Waals surface area contributed by atoms with Crippen LogP contribution < -0.4 is 4.74 Å². The Morgan fingerprint density at radius 3 is 2.46 bits per heavy atom. The van der Waals surface area contributed by atoms with Crippen LogP contribution in [0.5, 0.6) is 5.75 Å². The van der Waals surface area contributed by atoms with Crippen molar-refractivity contribution in [1.29, 1.82) is 0 Å². The quantitative estimate of drug-likeness (QED) is 0.208. The van der Waals surface area contributed by atoms with Crippen molar-refractivity contribution in [2.75, 3.05) is 14.2 Å². The van der Waals surface area contributed by atoms with Crippen LogP contribution in [-0.2, 0) is 20.8 Å². The van der Waals surface area contributed by atoms with Gasteiger partial charge in [0.1, 0.15) is 11.4 Å². The Kier molecular flexibility index (Phi) is 13.8. The van der Waals surface area contributed by atoms with Crippen molar-refractivity contribution in [3.63, 3.8) is 0 Å². The predicted octanol–water partition coefficient (Wildman–Crippen LogP) is 7.25. The number of hydrogen-bond acceptors (Lipinski definition) is 7. The predicted molar refractivity (Wildman–Crippen MR) is 151 cm³/mol. The molecular formula is C29H42N2O5S. The summed E-state index contributed by atoms with van der Waals surface area (Å²) in [5, 5.41) is 2.73. The molecule has 0 aromatic carbocycles. The maximum absolute atomic E-state index is 13.3. The molecule has 1 unspecified atom stereocenters. The summed E-state index contributed by atoms with van der Waals surface area (Å²) in [5.41, 5.74) is 1.95. The minimum Gasteiger partial charge on any atom is -0.496 e. The van der Waals surface area contributed by atoms with Crippen LogP contribution >= 0.6 is 11.8 Å². The third-order valence-corrected chi connectivity index (χ3v) is 6.05. The number of aromatic nitrogens is 1. The Morgan fingerprint density at radius 1 is 1.16 bits per heavy atom. The molecule has 1 aromatic heterocycles. The van der Waals surface area contributed by atoms with E-state index in [1.807, 2.05) is 77.3 Å². The number of amides is 1. The summed E-state index contributed by atoms with van der Waals surface area (Å²) in [4.78, 5) is 30.9. The lowest BCUT2D eigenvalue weighted by molar-refractivity contribution is -0.143. The van der Waals surface area contributed by atoms with Gasteiger partial charge in [-0.15, -0.1) is 0 Å². The largest absolute Gasteiger partial charge is 0.496 e.